The van der Waals surface area contributed by atoms with Gasteiger partial charge in [-0.05, 0) is 0 Å². The van der Waals surface area contributed by atoms with Crippen molar-refractivity contribution in [2.45, 2.75) is 72.6 Å². The number of carbonyl (C=O) groups is 1. The monoisotopic (exact) mass is 428 g/mol. The van der Waals surface area contributed by atoms with E-state index in [2.05, 4.69) is 20.8 Å². The Hall–Kier alpha value is -0.711. The van der Waals surface area contributed by atoms with E-state index in [1.165, 1.54) is 57.9 Å². The molecule has 0 radical (unpaired) electrons. The summed E-state index contributed by atoms with van der Waals surface area (Å²) >= 11 is -2.83. The Labute approximate surface area is 145 Å². The second kappa shape index (κ2) is 11.8. The molecular weight excluding hydrogens is 395 g/mol. The molecule has 1 rings (SSSR count). The van der Waals surface area contributed by atoms with Crippen LogP contribution in [-0.4, -0.2) is 24.8 Å². The maximum absolute atomic E-state index is 12.3. The summed E-state index contributed by atoms with van der Waals surface area (Å²) in [6.07, 6.45) is 12.0. The first kappa shape index (κ1) is 20.3. The summed E-state index contributed by atoms with van der Waals surface area (Å²) in [5, 5.41) is 0. The van der Waals surface area contributed by atoms with Gasteiger partial charge in [-0.25, -0.2) is 0 Å². The van der Waals surface area contributed by atoms with Gasteiger partial charge in [0.05, 0.1) is 0 Å². The minimum absolute atomic E-state index is 0.166. The van der Waals surface area contributed by atoms with Crippen LogP contribution in [0.1, 0.15) is 65.1 Å². The van der Waals surface area contributed by atoms with Gasteiger partial charge in [0, 0.05) is 0 Å². The number of rotatable bonds is 12. The van der Waals surface area contributed by atoms with Gasteiger partial charge in [0.2, 0.25) is 0 Å². The van der Waals surface area contributed by atoms with E-state index >= 15 is 0 Å². The van der Waals surface area contributed by atoms with E-state index in [1.807, 2.05) is 12.1 Å². The summed E-state index contributed by atoms with van der Waals surface area (Å²) in [4.78, 5) is 12.3. The van der Waals surface area contributed by atoms with Gasteiger partial charge in [-0.1, -0.05) is 0 Å². The SMILES string of the molecule is CCC[CH2][Sn]([CH2]CCC)([CH2]CCC)[O]C(=O)/C=C/c1ccco1. The zero-order valence-electron chi connectivity index (χ0n) is 15.0. The van der Waals surface area contributed by atoms with Gasteiger partial charge in [-0.2, -0.15) is 0 Å². The first-order valence-electron chi connectivity index (χ1n) is 9.10. The zero-order valence-corrected chi connectivity index (χ0v) is 17.8. The molecule has 0 aliphatic rings. The van der Waals surface area contributed by atoms with Crippen molar-refractivity contribution in [2.24, 2.45) is 0 Å². The van der Waals surface area contributed by atoms with Crippen molar-refractivity contribution in [3.8, 4) is 0 Å². The van der Waals surface area contributed by atoms with E-state index in [0.717, 1.165) is 0 Å². The molecule has 1 aromatic heterocycles. The second-order valence-electron chi connectivity index (χ2n) is 6.26. The third-order valence-electron chi connectivity index (χ3n) is 4.20. The fraction of sp³-hybridized carbons (Fsp3) is 0.632. The second-order valence-corrected chi connectivity index (χ2v) is 17.9. The molecule has 0 atom stereocenters. The normalized spacial score (nSPS) is 12.0. The number of carbonyl (C=O) groups excluding carboxylic acids is 1. The molecule has 0 saturated heterocycles. The molecule has 0 spiro atoms. The average Bonchev–Trinajstić information content (AvgIpc) is 3.07. The van der Waals surface area contributed by atoms with Crippen LogP contribution in [0.5, 0.6) is 0 Å². The first-order chi connectivity index (χ1) is 11.2. The third-order valence-corrected chi connectivity index (χ3v) is 16.8. The van der Waals surface area contributed by atoms with Crippen molar-refractivity contribution in [3.63, 3.8) is 0 Å². The summed E-state index contributed by atoms with van der Waals surface area (Å²) in [7, 11) is 0. The van der Waals surface area contributed by atoms with Gasteiger partial charge in [-0.3, -0.25) is 0 Å². The van der Waals surface area contributed by atoms with Crippen LogP contribution in [0.25, 0.3) is 6.08 Å². The van der Waals surface area contributed by atoms with Crippen LogP contribution < -0.4 is 0 Å². The van der Waals surface area contributed by atoms with Crippen molar-refractivity contribution in [1.29, 1.82) is 0 Å². The van der Waals surface area contributed by atoms with Crippen LogP contribution in [-0.2, 0) is 7.87 Å². The summed E-state index contributed by atoms with van der Waals surface area (Å²) < 4.78 is 14.9. The van der Waals surface area contributed by atoms with E-state index < -0.39 is 18.8 Å². The van der Waals surface area contributed by atoms with Gasteiger partial charge < -0.3 is 0 Å². The first-order valence-corrected chi connectivity index (χ1v) is 16.3. The van der Waals surface area contributed by atoms with E-state index in [0.29, 0.717) is 5.76 Å². The molecule has 0 N–H and O–H groups in total. The number of furan rings is 1. The van der Waals surface area contributed by atoms with Gasteiger partial charge in [0.15, 0.2) is 0 Å². The molecule has 0 amide bonds. The van der Waals surface area contributed by atoms with Crippen LogP contribution in [0, 0.1) is 0 Å². The number of unbranched alkanes of at least 4 members (excludes halogenated alkanes) is 3. The predicted octanol–water partition coefficient (Wildman–Crippen LogP) is 6.18. The van der Waals surface area contributed by atoms with Gasteiger partial charge in [-0.15, -0.1) is 0 Å². The fourth-order valence-corrected chi connectivity index (χ4v) is 15.8. The zero-order chi connectivity index (χ0) is 17.0. The van der Waals surface area contributed by atoms with E-state index in [-0.39, 0.29) is 5.97 Å². The van der Waals surface area contributed by atoms with Crippen molar-refractivity contribution in [1.82, 2.24) is 0 Å². The van der Waals surface area contributed by atoms with E-state index in [9.17, 15) is 4.79 Å². The minimum atomic E-state index is -2.83. The van der Waals surface area contributed by atoms with Gasteiger partial charge in [0.1, 0.15) is 0 Å². The quantitative estimate of drug-likeness (QED) is 0.295. The van der Waals surface area contributed by atoms with Crippen molar-refractivity contribution < 1.29 is 12.3 Å². The Bertz CT molecular complexity index is 429. The molecule has 0 unspecified atom stereocenters. The van der Waals surface area contributed by atoms with Gasteiger partial charge in [0.25, 0.3) is 0 Å². The molecule has 1 heterocycles. The van der Waals surface area contributed by atoms with Crippen LogP contribution in [0.4, 0.5) is 0 Å². The molecule has 0 fully saturated rings. The summed E-state index contributed by atoms with van der Waals surface area (Å²) in [6.45, 7) is 6.65. The van der Waals surface area contributed by atoms with Crippen molar-refractivity contribution in [2.75, 3.05) is 0 Å². The molecule has 4 heteroatoms. The molecule has 23 heavy (non-hydrogen) atoms. The van der Waals surface area contributed by atoms with Crippen LogP contribution in [0.15, 0.2) is 28.9 Å². The molecule has 3 nitrogen and oxygen atoms in total. The van der Waals surface area contributed by atoms with Crippen molar-refractivity contribution >= 4 is 30.8 Å². The Morgan fingerprint density at radius 1 is 1.09 bits per heavy atom. The molecule has 130 valence electrons. The number of hydrogen-bond donors (Lipinski definition) is 0. The predicted molar refractivity (Wildman–Crippen MR) is 98.7 cm³/mol. The summed E-state index contributed by atoms with van der Waals surface area (Å²) in [6, 6.07) is 3.66. The molecular formula is C19H32O3Sn. The Kier molecular flexibility index (Phi) is 10.4. The van der Waals surface area contributed by atoms with Crippen LogP contribution in [0.3, 0.4) is 0 Å². The molecule has 0 bridgehead atoms. The van der Waals surface area contributed by atoms with Crippen LogP contribution in [0.2, 0.25) is 13.3 Å². The molecule has 1 aromatic rings. The third kappa shape index (κ3) is 8.09. The Morgan fingerprint density at radius 3 is 2.09 bits per heavy atom. The topological polar surface area (TPSA) is 39.4 Å². The van der Waals surface area contributed by atoms with E-state index in [1.54, 1.807) is 12.3 Å². The average molecular weight is 427 g/mol. The molecule has 0 aliphatic carbocycles. The molecule has 0 aliphatic heterocycles. The van der Waals surface area contributed by atoms with Crippen LogP contribution >= 0.6 is 0 Å². The maximum atomic E-state index is 12.3. The van der Waals surface area contributed by atoms with E-state index in [4.69, 9.17) is 7.49 Å². The Morgan fingerprint density at radius 2 is 1.65 bits per heavy atom. The fourth-order valence-electron chi connectivity index (χ4n) is 2.81. The molecule has 0 aromatic carbocycles. The van der Waals surface area contributed by atoms with Gasteiger partial charge >= 0.3 is 146 Å². The standard InChI is InChI=1S/C7H6O3.3C4H9.Sn/c8-7(9)4-3-6-2-1-5-10-6;3*1-3-4-2;/h1-5H,(H,8,9);3*1,3-4H2,2H3;/q;;;;+1/p-1/b4-3+;;;;. The summed E-state index contributed by atoms with van der Waals surface area (Å²) in [5.74, 6) is 0.527. The summed E-state index contributed by atoms with van der Waals surface area (Å²) in [5.41, 5.74) is 0. The molecule has 0 saturated carbocycles. The Balaban J connectivity index is 2.75. The number of hydrogen-bond acceptors (Lipinski definition) is 3. The van der Waals surface area contributed by atoms with Crippen molar-refractivity contribution in [3.05, 3.63) is 30.2 Å².